The third kappa shape index (κ3) is 4.40. The van der Waals surface area contributed by atoms with Gasteiger partial charge in [-0.25, -0.2) is 0 Å². The van der Waals surface area contributed by atoms with Crippen molar-refractivity contribution in [1.82, 2.24) is 0 Å². The molecule has 0 aromatic carbocycles. The average molecular weight is 194 g/mol. The van der Waals surface area contributed by atoms with Gasteiger partial charge in [0.25, 0.3) is 0 Å². The molecule has 0 spiro atoms. The normalized spacial score (nSPS) is 13.6. The topological polar surface area (TPSA) is 17.1 Å². The predicted octanol–water partition coefficient (Wildman–Crippen LogP) is 3.90. The van der Waals surface area contributed by atoms with Crippen molar-refractivity contribution in [3.8, 4) is 0 Å². The van der Waals surface area contributed by atoms with Gasteiger partial charge < -0.3 is 0 Å². The summed E-state index contributed by atoms with van der Waals surface area (Å²) in [4.78, 5) is 10.9. The standard InChI is InChI=1S/C13H22O/c1-6-8-12(10-9-11(3)14)13(4,5)7-2/h8-10H,6-7H2,1-5H3/b10-9+,12-8+. The molecule has 0 aliphatic heterocycles. The van der Waals surface area contributed by atoms with E-state index < -0.39 is 0 Å². The van der Waals surface area contributed by atoms with Crippen molar-refractivity contribution in [2.45, 2.75) is 47.5 Å². The Balaban J connectivity index is 4.79. The molecular formula is C13H22O. The van der Waals surface area contributed by atoms with Crippen LogP contribution in [0.25, 0.3) is 0 Å². The number of ketones is 1. The Morgan fingerprint density at radius 2 is 1.79 bits per heavy atom. The first-order valence-electron chi connectivity index (χ1n) is 5.33. The molecule has 0 saturated heterocycles. The number of hydrogen-bond donors (Lipinski definition) is 0. The molecule has 0 fully saturated rings. The van der Waals surface area contributed by atoms with E-state index in [0.717, 1.165) is 12.8 Å². The molecule has 0 N–H and O–H groups in total. The Morgan fingerprint density at radius 1 is 1.21 bits per heavy atom. The molecule has 0 rings (SSSR count). The van der Waals surface area contributed by atoms with E-state index in [-0.39, 0.29) is 11.2 Å². The van der Waals surface area contributed by atoms with Crippen LogP contribution in [0.1, 0.15) is 47.5 Å². The summed E-state index contributed by atoms with van der Waals surface area (Å²) in [5.41, 5.74) is 1.43. The minimum Gasteiger partial charge on any atom is -0.295 e. The zero-order valence-electron chi connectivity index (χ0n) is 10.1. The molecule has 0 saturated carbocycles. The highest BCUT2D eigenvalue weighted by atomic mass is 16.1. The Hall–Kier alpha value is -0.850. The van der Waals surface area contributed by atoms with E-state index in [1.165, 1.54) is 5.57 Å². The summed E-state index contributed by atoms with van der Waals surface area (Å²) in [6, 6.07) is 0. The molecule has 14 heavy (non-hydrogen) atoms. The molecule has 1 heteroatoms. The zero-order chi connectivity index (χ0) is 11.2. The van der Waals surface area contributed by atoms with E-state index in [1.807, 2.05) is 6.08 Å². The second-order valence-corrected chi connectivity index (χ2v) is 4.25. The van der Waals surface area contributed by atoms with Gasteiger partial charge in [-0.1, -0.05) is 39.8 Å². The third-order valence-electron chi connectivity index (χ3n) is 2.59. The number of carbonyl (C=O) groups is 1. The van der Waals surface area contributed by atoms with Crippen LogP contribution >= 0.6 is 0 Å². The fourth-order valence-corrected chi connectivity index (χ4v) is 1.20. The molecule has 0 unspecified atom stereocenters. The number of hydrogen-bond acceptors (Lipinski definition) is 1. The number of allylic oxidation sites excluding steroid dienone is 4. The lowest BCUT2D eigenvalue weighted by Gasteiger charge is -2.24. The van der Waals surface area contributed by atoms with E-state index in [1.54, 1.807) is 13.0 Å². The van der Waals surface area contributed by atoms with Gasteiger partial charge in [0.2, 0.25) is 0 Å². The Kier molecular flexibility index (Phi) is 5.44. The Labute approximate surface area is 87.9 Å². The van der Waals surface area contributed by atoms with Gasteiger partial charge in [-0.05, 0) is 36.8 Å². The molecule has 0 aromatic rings. The van der Waals surface area contributed by atoms with E-state index >= 15 is 0 Å². The Bertz CT molecular complexity index is 244. The van der Waals surface area contributed by atoms with Crippen molar-refractivity contribution < 1.29 is 4.79 Å². The summed E-state index contributed by atoms with van der Waals surface area (Å²) in [5.74, 6) is 0.110. The average Bonchev–Trinajstić information content (AvgIpc) is 2.11. The Morgan fingerprint density at radius 3 is 2.14 bits per heavy atom. The zero-order valence-corrected chi connectivity index (χ0v) is 10.1. The number of rotatable bonds is 5. The van der Waals surface area contributed by atoms with Crippen LogP contribution < -0.4 is 0 Å². The SMILES string of the molecule is CC/C=C(\C=C\C(C)=O)C(C)(C)CC. The van der Waals surface area contributed by atoms with Gasteiger partial charge in [0, 0.05) is 0 Å². The molecule has 0 bridgehead atoms. The first-order chi connectivity index (χ1) is 6.44. The smallest absolute Gasteiger partial charge is 0.152 e. The van der Waals surface area contributed by atoms with Gasteiger partial charge in [0.05, 0.1) is 0 Å². The van der Waals surface area contributed by atoms with Gasteiger partial charge in [0.1, 0.15) is 0 Å². The first kappa shape index (κ1) is 13.2. The van der Waals surface area contributed by atoms with Gasteiger partial charge in [0.15, 0.2) is 5.78 Å². The largest absolute Gasteiger partial charge is 0.295 e. The van der Waals surface area contributed by atoms with Crippen molar-refractivity contribution in [2.75, 3.05) is 0 Å². The lowest BCUT2D eigenvalue weighted by molar-refractivity contribution is -0.112. The van der Waals surface area contributed by atoms with Crippen LogP contribution in [0.3, 0.4) is 0 Å². The summed E-state index contributed by atoms with van der Waals surface area (Å²) in [6.45, 7) is 10.3. The second kappa shape index (κ2) is 5.79. The van der Waals surface area contributed by atoms with Crippen molar-refractivity contribution in [2.24, 2.45) is 5.41 Å². The minimum atomic E-state index is 0.110. The lowest BCUT2D eigenvalue weighted by atomic mass is 9.81. The van der Waals surface area contributed by atoms with E-state index in [9.17, 15) is 4.79 Å². The second-order valence-electron chi connectivity index (χ2n) is 4.25. The molecule has 0 aromatic heterocycles. The summed E-state index contributed by atoms with van der Waals surface area (Å²) >= 11 is 0. The fourth-order valence-electron chi connectivity index (χ4n) is 1.20. The summed E-state index contributed by atoms with van der Waals surface area (Å²) < 4.78 is 0. The molecular weight excluding hydrogens is 172 g/mol. The highest BCUT2D eigenvalue weighted by molar-refractivity contribution is 5.87. The first-order valence-corrected chi connectivity index (χ1v) is 5.33. The molecule has 0 aliphatic carbocycles. The summed E-state index contributed by atoms with van der Waals surface area (Å²) in [6.07, 6.45) is 7.90. The highest BCUT2D eigenvalue weighted by Crippen LogP contribution is 2.31. The quantitative estimate of drug-likeness (QED) is 0.479. The van der Waals surface area contributed by atoms with Crippen LogP contribution in [-0.4, -0.2) is 5.78 Å². The number of carbonyl (C=O) groups excluding carboxylic acids is 1. The molecule has 0 aliphatic rings. The van der Waals surface area contributed by atoms with Crippen LogP contribution in [0.2, 0.25) is 0 Å². The van der Waals surface area contributed by atoms with Gasteiger partial charge in [-0.3, -0.25) is 4.79 Å². The summed E-state index contributed by atoms with van der Waals surface area (Å²) in [7, 11) is 0. The predicted molar refractivity (Wildman–Crippen MR) is 62.3 cm³/mol. The van der Waals surface area contributed by atoms with E-state index in [0.29, 0.717) is 0 Å². The van der Waals surface area contributed by atoms with Gasteiger partial charge in [-0.15, -0.1) is 0 Å². The van der Waals surface area contributed by atoms with Crippen LogP contribution in [0.15, 0.2) is 23.8 Å². The van der Waals surface area contributed by atoms with E-state index in [2.05, 4.69) is 33.8 Å². The molecule has 0 amide bonds. The lowest BCUT2D eigenvalue weighted by Crippen LogP contribution is -2.12. The monoisotopic (exact) mass is 194 g/mol. The van der Waals surface area contributed by atoms with Crippen molar-refractivity contribution >= 4 is 5.78 Å². The van der Waals surface area contributed by atoms with Crippen molar-refractivity contribution in [3.05, 3.63) is 23.8 Å². The maximum atomic E-state index is 10.9. The van der Waals surface area contributed by atoms with E-state index in [4.69, 9.17) is 0 Å². The van der Waals surface area contributed by atoms with Crippen molar-refractivity contribution in [3.63, 3.8) is 0 Å². The van der Waals surface area contributed by atoms with Gasteiger partial charge >= 0.3 is 0 Å². The van der Waals surface area contributed by atoms with Crippen LogP contribution in [0.4, 0.5) is 0 Å². The maximum Gasteiger partial charge on any atom is 0.152 e. The van der Waals surface area contributed by atoms with Crippen molar-refractivity contribution in [1.29, 1.82) is 0 Å². The van der Waals surface area contributed by atoms with Crippen LogP contribution in [-0.2, 0) is 4.79 Å². The molecule has 0 atom stereocenters. The molecule has 0 heterocycles. The maximum absolute atomic E-state index is 10.9. The molecule has 1 nitrogen and oxygen atoms in total. The highest BCUT2D eigenvalue weighted by Gasteiger charge is 2.18. The van der Waals surface area contributed by atoms with Crippen LogP contribution in [0.5, 0.6) is 0 Å². The minimum absolute atomic E-state index is 0.110. The summed E-state index contributed by atoms with van der Waals surface area (Å²) in [5, 5.41) is 0. The fraction of sp³-hybridized carbons (Fsp3) is 0.615. The van der Waals surface area contributed by atoms with Gasteiger partial charge in [-0.2, -0.15) is 0 Å². The molecule has 80 valence electrons. The molecule has 0 radical (unpaired) electrons. The third-order valence-corrected chi connectivity index (χ3v) is 2.59. The van der Waals surface area contributed by atoms with Crippen LogP contribution in [0, 0.1) is 5.41 Å².